The molecular weight excluding hydrogens is 743 g/mol. The highest BCUT2D eigenvalue weighted by molar-refractivity contribution is 8.00. The number of nitrogens with one attached hydrogen (secondary N) is 3. The second kappa shape index (κ2) is 18.7. The maximum atomic E-state index is 14.2. The number of benzene rings is 5. The first-order valence-electron chi connectivity index (χ1n) is 17.7. The predicted octanol–water partition coefficient (Wildman–Crippen LogP) is 9.79. The first-order chi connectivity index (χ1) is 27.2. The Morgan fingerprint density at radius 2 is 1.50 bits per heavy atom. The highest BCUT2D eigenvalue weighted by Crippen LogP contribution is 2.40. The molecule has 1 atom stereocenters. The van der Waals surface area contributed by atoms with Gasteiger partial charge in [0.25, 0.3) is 11.8 Å². The third kappa shape index (κ3) is 10.0. The van der Waals surface area contributed by atoms with Crippen LogP contribution in [-0.4, -0.2) is 37.4 Å². The first-order valence-corrected chi connectivity index (χ1v) is 19.5. The molecule has 0 spiro atoms. The Morgan fingerprint density at radius 1 is 0.804 bits per heavy atom. The van der Waals surface area contributed by atoms with E-state index in [0.29, 0.717) is 44.6 Å². The normalized spacial score (nSPS) is 11.6. The Bertz CT molecular complexity index is 2340. The van der Waals surface area contributed by atoms with Crippen LogP contribution in [0, 0.1) is 6.92 Å². The summed E-state index contributed by atoms with van der Waals surface area (Å²) in [5.41, 5.74) is 5.16. The van der Waals surface area contributed by atoms with Crippen LogP contribution in [0.4, 0.5) is 10.7 Å². The predicted molar refractivity (Wildman–Crippen MR) is 224 cm³/mol. The minimum Gasteiger partial charge on any atom is -0.494 e. The van der Waals surface area contributed by atoms with Crippen LogP contribution in [0.5, 0.6) is 5.75 Å². The Labute approximate surface area is 333 Å². The Kier molecular flexibility index (Phi) is 13.1. The summed E-state index contributed by atoms with van der Waals surface area (Å²) in [7, 11) is 1.31. The number of thiophene rings is 1. The van der Waals surface area contributed by atoms with E-state index in [-0.39, 0.29) is 17.2 Å². The molecule has 0 aliphatic heterocycles. The minimum atomic E-state index is -0.738. The van der Waals surface area contributed by atoms with Gasteiger partial charge >= 0.3 is 5.97 Å². The third-order valence-electron chi connectivity index (χ3n) is 8.50. The fraction of sp³-hybridized carbons (Fsp3) is 0.111. The van der Waals surface area contributed by atoms with E-state index in [1.807, 2.05) is 79.9 Å². The zero-order valence-corrected chi connectivity index (χ0v) is 32.5. The third-order valence-corrected chi connectivity index (χ3v) is 10.6. The first kappa shape index (κ1) is 39.3. The fourth-order valence-electron chi connectivity index (χ4n) is 5.70. The van der Waals surface area contributed by atoms with E-state index in [1.165, 1.54) is 30.2 Å². The van der Waals surface area contributed by atoms with Gasteiger partial charge < -0.3 is 25.4 Å². The fourth-order valence-corrected chi connectivity index (χ4v) is 7.74. The zero-order valence-electron chi connectivity index (χ0n) is 30.9. The van der Waals surface area contributed by atoms with Crippen molar-refractivity contribution in [3.05, 3.63) is 172 Å². The maximum absolute atomic E-state index is 14.2. The smallest absolute Gasteiger partial charge is 0.341 e. The molecule has 5 aromatic carbocycles. The van der Waals surface area contributed by atoms with Gasteiger partial charge in [-0.1, -0.05) is 96.6 Å². The van der Waals surface area contributed by atoms with Gasteiger partial charge in [-0.3, -0.25) is 14.4 Å². The van der Waals surface area contributed by atoms with E-state index < -0.39 is 23.0 Å². The monoisotopic (exact) mass is 781 g/mol. The number of hydrogen-bond acceptors (Lipinski definition) is 8. The average molecular weight is 782 g/mol. The summed E-state index contributed by atoms with van der Waals surface area (Å²) in [4.78, 5) is 55.0. The van der Waals surface area contributed by atoms with Crippen LogP contribution in [0.25, 0.3) is 17.2 Å². The molecule has 6 aromatic rings. The summed E-state index contributed by atoms with van der Waals surface area (Å²) >= 11 is 2.54. The van der Waals surface area contributed by atoms with E-state index in [2.05, 4.69) is 16.0 Å². The molecule has 56 heavy (non-hydrogen) atoms. The molecule has 0 fully saturated rings. The molecule has 11 heteroatoms. The zero-order chi connectivity index (χ0) is 39.4. The standard InChI is InChI=1S/C45H39N3O6S2/c1-4-54-35-24-20-30(21-25-35)26-38(47-41(49)33-14-9-6-10-15-33)42(50)46-34-16-11-17-36(27-34)56-40(32-12-7-5-8-13-32)43(51)48-44-39(45(52)53-3)37(28-55-44)31-22-18-29(2)19-23-31/h5-28,40H,4H2,1-3H3,(H,46,50)(H,47,49)(H,48,51)/b38-26+. The summed E-state index contributed by atoms with van der Waals surface area (Å²) in [5.74, 6) is -1.19. The number of rotatable bonds is 14. The van der Waals surface area contributed by atoms with Crippen LogP contribution < -0.4 is 20.7 Å². The van der Waals surface area contributed by atoms with E-state index in [4.69, 9.17) is 9.47 Å². The van der Waals surface area contributed by atoms with E-state index in [0.717, 1.165) is 16.7 Å². The van der Waals surface area contributed by atoms with E-state index >= 15 is 0 Å². The van der Waals surface area contributed by atoms with Gasteiger partial charge in [-0.15, -0.1) is 23.1 Å². The molecule has 3 N–H and O–H groups in total. The lowest BCUT2D eigenvalue weighted by molar-refractivity contribution is -0.116. The number of anilines is 2. The van der Waals surface area contributed by atoms with Crippen molar-refractivity contribution < 1.29 is 28.7 Å². The van der Waals surface area contributed by atoms with Crippen LogP contribution in [0.3, 0.4) is 0 Å². The summed E-state index contributed by atoms with van der Waals surface area (Å²) in [6.07, 6.45) is 1.59. The summed E-state index contributed by atoms with van der Waals surface area (Å²) in [6.45, 7) is 4.40. The molecular formula is C45H39N3O6S2. The van der Waals surface area contributed by atoms with Crippen molar-refractivity contribution in [3.63, 3.8) is 0 Å². The van der Waals surface area contributed by atoms with Gasteiger partial charge in [0.1, 0.15) is 27.3 Å². The van der Waals surface area contributed by atoms with E-state index in [9.17, 15) is 19.2 Å². The van der Waals surface area contributed by atoms with Crippen molar-refractivity contribution in [2.45, 2.75) is 24.0 Å². The number of ether oxygens (including phenoxy) is 2. The quantitative estimate of drug-likeness (QED) is 0.0572. The van der Waals surface area contributed by atoms with Crippen molar-refractivity contribution in [3.8, 4) is 16.9 Å². The molecule has 0 aliphatic rings. The summed E-state index contributed by atoms with van der Waals surface area (Å²) in [5, 5.41) is 10.2. The highest BCUT2D eigenvalue weighted by Gasteiger charge is 2.27. The number of aryl methyl sites for hydroxylation is 1. The lowest BCUT2D eigenvalue weighted by Gasteiger charge is -2.18. The highest BCUT2D eigenvalue weighted by atomic mass is 32.2. The molecule has 1 unspecified atom stereocenters. The van der Waals surface area contributed by atoms with Gasteiger partial charge in [-0.05, 0) is 79.1 Å². The maximum Gasteiger partial charge on any atom is 0.341 e. The Morgan fingerprint density at radius 3 is 2.18 bits per heavy atom. The summed E-state index contributed by atoms with van der Waals surface area (Å²) in [6, 6.07) is 40.0. The average Bonchev–Trinajstić information content (AvgIpc) is 3.64. The van der Waals surface area contributed by atoms with Crippen molar-refractivity contribution in [1.29, 1.82) is 0 Å². The second-order valence-corrected chi connectivity index (χ2v) is 14.5. The molecule has 9 nitrogen and oxygen atoms in total. The van der Waals surface area contributed by atoms with Crippen LogP contribution in [-0.2, 0) is 14.3 Å². The van der Waals surface area contributed by atoms with Crippen molar-refractivity contribution in [1.82, 2.24) is 5.32 Å². The number of carbonyl (C=O) groups excluding carboxylic acids is 4. The molecule has 0 radical (unpaired) electrons. The Hall–Kier alpha value is -6.43. The number of hydrogen-bond donors (Lipinski definition) is 3. The van der Waals surface area contributed by atoms with Gasteiger partial charge in [0.15, 0.2) is 0 Å². The van der Waals surface area contributed by atoms with Crippen molar-refractivity contribution in [2.75, 3.05) is 24.4 Å². The molecule has 3 amide bonds. The number of methoxy groups -OCH3 is 1. The molecule has 1 aromatic heterocycles. The molecule has 0 saturated heterocycles. The van der Waals surface area contributed by atoms with Crippen molar-refractivity contribution in [2.24, 2.45) is 0 Å². The number of esters is 1. The molecule has 0 saturated carbocycles. The Balaban J connectivity index is 1.25. The summed E-state index contributed by atoms with van der Waals surface area (Å²) < 4.78 is 10.7. The largest absolute Gasteiger partial charge is 0.494 e. The molecule has 6 rings (SSSR count). The van der Waals surface area contributed by atoms with Gasteiger partial charge in [-0.2, -0.15) is 0 Å². The molecule has 282 valence electrons. The molecule has 0 bridgehead atoms. The van der Waals surface area contributed by atoms with Crippen LogP contribution >= 0.6 is 23.1 Å². The number of thioether (sulfide) groups is 1. The van der Waals surface area contributed by atoms with Gasteiger partial charge in [-0.25, -0.2) is 4.79 Å². The van der Waals surface area contributed by atoms with Crippen LogP contribution in [0.1, 0.15) is 49.6 Å². The second-order valence-electron chi connectivity index (χ2n) is 12.5. The molecule has 0 aliphatic carbocycles. The van der Waals surface area contributed by atoms with Gasteiger partial charge in [0, 0.05) is 27.1 Å². The van der Waals surface area contributed by atoms with Crippen LogP contribution in [0.15, 0.2) is 149 Å². The lowest BCUT2D eigenvalue weighted by atomic mass is 10.0. The topological polar surface area (TPSA) is 123 Å². The number of carbonyl (C=O) groups is 4. The van der Waals surface area contributed by atoms with Gasteiger partial charge in [0.05, 0.1) is 13.7 Å². The minimum absolute atomic E-state index is 0.0324. The van der Waals surface area contributed by atoms with Crippen molar-refractivity contribution >= 4 is 63.6 Å². The molecule has 1 heterocycles. The van der Waals surface area contributed by atoms with Crippen LogP contribution in [0.2, 0.25) is 0 Å². The van der Waals surface area contributed by atoms with E-state index in [1.54, 1.807) is 78.9 Å². The number of amides is 3. The SMILES string of the molecule is CCOc1ccc(/C=C(/NC(=O)c2ccccc2)C(=O)Nc2cccc(SC(C(=O)Nc3scc(-c4ccc(C)cc4)c3C(=O)OC)c3ccccc3)c2)cc1. The van der Waals surface area contributed by atoms with Gasteiger partial charge in [0.2, 0.25) is 5.91 Å². The lowest BCUT2D eigenvalue weighted by Crippen LogP contribution is -2.30.